The summed E-state index contributed by atoms with van der Waals surface area (Å²) in [5.41, 5.74) is 2.44. The van der Waals surface area contributed by atoms with Crippen LogP contribution in [0.3, 0.4) is 0 Å². The van der Waals surface area contributed by atoms with Crippen molar-refractivity contribution >= 4 is 45.7 Å². The van der Waals surface area contributed by atoms with Gasteiger partial charge in [0.05, 0.1) is 5.69 Å². The zero-order chi connectivity index (χ0) is 24.4. The molecule has 0 saturated heterocycles. The van der Waals surface area contributed by atoms with Crippen molar-refractivity contribution < 1.29 is 9.59 Å². The number of nitrogens with one attached hydrogen (secondary N) is 3. The molecule has 0 radical (unpaired) electrons. The molecule has 9 heteroatoms. The lowest BCUT2D eigenvalue weighted by Gasteiger charge is -2.32. The minimum atomic E-state index is -0.166. The summed E-state index contributed by atoms with van der Waals surface area (Å²) in [5, 5.41) is 8.41. The molecule has 1 aliphatic heterocycles. The van der Waals surface area contributed by atoms with Crippen molar-refractivity contribution in [3.63, 3.8) is 0 Å². The maximum absolute atomic E-state index is 13.1. The van der Waals surface area contributed by atoms with Crippen molar-refractivity contribution in [1.82, 2.24) is 25.5 Å². The van der Waals surface area contributed by atoms with Crippen molar-refractivity contribution in [2.24, 2.45) is 0 Å². The number of fused-ring (bicyclic) bond motifs is 2. The number of nitrogens with zero attached hydrogens (tertiary/aromatic N) is 2. The monoisotopic (exact) mass is 513 g/mol. The van der Waals surface area contributed by atoms with E-state index in [2.05, 4.69) is 32.4 Å². The Balaban J connectivity index is 1.23. The Morgan fingerprint density at radius 2 is 1.94 bits per heavy atom. The van der Waals surface area contributed by atoms with Gasteiger partial charge in [-0.1, -0.05) is 37.8 Å². The maximum atomic E-state index is 13.1. The Morgan fingerprint density at radius 1 is 1.17 bits per heavy atom. The molecule has 3 heterocycles. The van der Waals surface area contributed by atoms with Crippen molar-refractivity contribution in [3.05, 3.63) is 50.6 Å². The second-order valence-electron chi connectivity index (χ2n) is 9.63. The number of hydrogen-bond donors (Lipinski definition) is 3. The minimum Gasteiger partial charge on any atom is -0.351 e. The molecular formula is C26H32ClN5O2S. The average Bonchev–Trinajstić information content (AvgIpc) is 3.47. The molecule has 7 nitrogen and oxygen atoms in total. The molecule has 1 saturated carbocycles. The van der Waals surface area contributed by atoms with Crippen molar-refractivity contribution in [2.75, 3.05) is 13.1 Å². The number of H-pyrrole nitrogens is 1. The number of unbranched alkanes of at least 4 members (excludes halogenated alkanes) is 1. The van der Waals surface area contributed by atoms with Gasteiger partial charge in [-0.2, -0.15) is 0 Å². The first kappa shape index (κ1) is 24.3. The van der Waals surface area contributed by atoms with Crippen LogP contribution in [0.4, 0.5) is 0 Å². The summed E-state index contributed by atoms with van der Waals surface area (Å²) in [6, 6.07) is 7.10. The molecule has 186 valence electrons. The maximum Gasteiger partial charge on any atom is 0.280 e. The Kier molecular flexibility index (Phi) is 7.41. The summed E-state index contributed by atoms with van der Waals surface area (Å²) in [7, 11) is 0. The van der Waals surface area contributed by atoms with E-state index < -0.39 is 0 Å². The molecule has 1 fully saturated rings. The van der Waals surface area contributed by atoms with Crippen molar-refractivity contribution in [1.29, 1.82) is 0 Å². The molecule has 2 aliphatic rings. The van der Waals surface area contributed by atoms with E-state index in [4.69, 9.17) is 11.6 Å². The Hall–Kier alpha value is -2.42. The molecule has 0 unspecified atom stereocenters. The van der Waals surface area contributed by atoms with Gasteiger partial charge in [-0.3, -0.25) is 14.5 Å². The highest BCUT2D eigenvalue weighted by atomic mass is 35.5. The fraction of sp³-hybridized carbons (Fsp3) is 0.500. The molecule has 2 amide bonds. The van der Waals surface area contributed by atoms with E-state index in [1.807, 2.05) is 18.2 Å². The second-order valence-corrected chi connectivity index (χ2v) is 11.1. The van der Waals surface area contributed by atoms with Crippen LogP contribution in [0.15, 0.2) is 24.3 Å². The first-order chi connectivity index (χ1) is 17.0. The number of halogens is 1. The van der Waals surface area contributed by atoms with E-state index in [1.54, 1.807) is 6.07 Å². The second kappa shape index (κ2) is 10.7. The van der Waals surface area contributed by atoms with E-state index in [9.17, 15) is 9.59 Å². The lowest BCUT2D eigenvalue weighted by atomic mass is 9.90. The summed E-state index contributed by atoms with van der Waals surface area (Å²) in [5.74, 6) is -0.295. The summed E-state index contributed by atoms with van der Waals surface area (Å²) in [6.07, 6.45) is 7.02. The largest absolute Gasteiger partial charge is 0.351 e. The first-order valence-electron chi connectivity index (χ1n) is 12.6. The predicted octanol–water partition coefficient (Wildman–Crippen LogP) is 4.91. The van der Waals surface area contributed by atoms with Gasteiger partial charge in [0.2, 0.25) is 0 Å². The molecule has 2 aromatic heterocycles. The fourth-order valence-electron chi connectivity index (χ4n) is 5.10. The minimum absolute atomic E-state index is 0.110. The number of hydrogen-bond acceptors (Lipinski definition) is 5. The third-order valence-corrected chi connectivity index (χ3v) is 8.38. The van der Waals surface area contributed by atoms with Gasteiger partial charge >= 0.3 is 0 Å². The Bertz CT molecular complexity index is 1220. The van der Waals surface area contributed by atoms with Gasteiger partial charge in [0, 0.05) is 52.4 Å². The van der Waals surface area contributed by atoms with Gasteiger partial charge in [0.25, 0.3) is 11.8 Å². The van der Waals surface area contributed by atoms with Crippen LogP contribution < -0.4 is 10.6 Å². The number of benzene rings is 1. The van der Waals surface area contributed by atoms with E-state index in [0.29, 0.717) is 15.7 Å². The summed E-state index contributed by atoms with van der Waals surface area (Å²) in [4.78, 5) is 37.6. The first-order valence-corrected chi connectivity index (χ1v) is 13.8. The zero-order valence-electron chi connectivity index (χ0n) is 20.0. The number of rotatable bonds is 7. The Morgan fingerprint density at radius 3 is 2.71 bits per heavy atom. The quantitative estimate of drug-likeness (QED) is 0.419. The van der Waals surface area contributed by atoms with Crippen LogP contribution in [0, 0.1) is 0 Å². The highest BCUT2D eigenvalue weighted by Gasteiger charge is 2.30. The van der Waals surface area contributed by atoms with Gasteiger partial charge in [-0.15, -0.1) is 11.3 Å². The lowest BCUT2D eigenvalue weighted by molar-refractivity contribution is 0.0860. The number of thiazole rings is 1. The standard InChI is InChI=1S/C26H32ClN5O2S/c1-2-3-11-32-12-10-21-23(15-32)35-26(31-21)25(34)30-20-7-5-4-6-19(20)29-24(33)22-14-16-13-17(27)8-9-18(16)28-22/h8-9,13-14,19-20,28H,2-7,10-12,15H2,1H3,(H,29,33)(H,30,34)/t19-,20+/m0/s1. The average molecular weight is 514 g/mol. The molecule has 1 aliphatic carbocycles. The zero-order valence-corrected chi connectivity index (χ0v) is 21.6. The molecule has 2 atom stereocenters. The van der Waals surface area contributed by atoms with E-state index in [0.717, 1.165) is 68.3 Å². The van der Waals surface area contributed by atoms with Crippen LogP contribution in [0.5, 0.6) is 0 Å². The highest BCUT2D eigenvalue weighted by Crippen LogP contribution is 2.27. The summed E-state index contributed by atoms with van der Waals surface area (Å²) in [6.45, 7) is 5.20. The molecule has 0 spiro atoms. The van der Waals surface area contributed by atoms with Crippen molar-refractivity contribution in [3.8, 4) is 0 Å². The molecule has 5 rings (SSSR count). The van der Waals surface area contributed by atoms with Crippen LogP contribution in [0.1, 0.15) is 76.3 Å². The SMILES string of the molecule is CCCCN1CCc2nc(C(=O)N[C@@H]3CCCC[C@@H]3NC(=O)c3cc4cc(Cl)ccc4[nH]3)sc2C1. The van der Waals surface area contributed by atoms with Crippen LogP contribution >= 0.6 is 22.9 Å². The van der Waals surface area contributed by atoms with E-state index in [1.165, 1.54) is 29.1 Å². The number of amides is 2. The smallest absolute Gasteiger partial charge is 0.280 e. The van der Waals surface area contributed by atoms with Gasteiger partial charge in [0.1, 0.15) is 5.69 Å². The molecule has 0 bridgehead atoms. The number of aromatic amines is 1. The van der Waals surface area contributed by atoms with Crippen LogP contribution in [-0.2, 0) is 13.0 Å². The predicted molar refractivity (Wildman–Crippen MR) is 140 cm³/mol. The van der Waals surface area contributed by atoms with Crippen LogP contribution in [0.25, 0.3) is 10.9 Å². The molecule has 1 aromatic carbocycles. The summed E-state index contributed by atoms with van der Waals surface area (Å²) >= 11 is 7.60. The summed E-state index contributed by atoms with van der Waals surface area (Å²) < 4.78 is 0. The fourth-order valence-corrected chi connectivity index (χ4v) is 6.33. The van der Waals surface area contributed by atoms with Gasteiger partial charge < -0.3 is 15.6 Å². The lowest BCUT2D eigenvalue weighted by Crippen LogP contribution is -2.53. The molecule has 3 aromatic rings. The van der Waals surface area contributed by atoms with Gasteiger partial charge in [0.15, 0.2) is 5.01 Å². The highest BCUT2D eigenvalue weighted by molar-refractivity contribution is 7.13. The Labute approximate surface area is 214 Å². The van der Waals surface area contributed by atoms with E-state index in [-0.39, 0.29) is 23.9 Å². The van der Waals surface area contributed by atoms with Gasteiger partial charge in [-0.05, 0) is 50.1 Å². The topological polar surface area (TPSA) is 90.1 Å². The molecule has 35 heavy (non-hydrogen) atoms. The van der Waals surface area contributed by atoms with E-state index >= 15 is 0 Å². The van der Waals surface area contributed by atoms with Crippen LogP contribution in [-0.4, -0.2) is 51.9 Å². The van der Waals surface area contributed by atoms with Crippen molar-refractivity contribution in [2.45, 2.75) is 70.5 Å². The normalized spacial score (nSPS) is 20.5. The van der Waals surface area contributed by atoms with Gasteiger partial charge in [-0.25, -0.2) is 4.98 Å². The van der Waals surface area contributed by atoms with Crippen LogP contribution in [0.2, 0.25) is 5.02 Å². The molecule has 3 N–H and O–H groups in total. The third kappa shape index (κ3) is 5.55. The molecular weight excluding hydrogens is 482 g/mol. The third-order valence-electron chi connectivity index (χ3n) is 7.06. The number of carbonyl (C=O) groups is 2. The number of aromatic nitrogens is 2. The number of carbonyl (C=O) groups excluding carboxylic acids is 2.